The third-order valence-electron chi connectivity index (χ3n) is 4.42. The number of hydrogen-bond donors (Lipinski definition) is 2. The molecule has 0 radical (unpaired) electrons. The van der Waals surface area contributed by atoms with Crippen LogP contribution >= 0.6 is 23.1 Å². The van der Waals surface area contributed by atoms with E-state index in [2.05, 4.69) is 33.8 Å². The second-order valence-electron chi connectivity index (χ2n) is 6.52. The molecule has 0 bridgehead atoms. The van der Waals surface area contributed by atoms with Crippen molar-refractivity contribution in [2.75, 3.05) is 16.4 Å². The zero-order valence-corrected chi connectivity index (χ0v) is 18.4. The van der Waals surface area contributed by atoms with Crippen molar-refractivity contribution in [1.82, 2.24) is 10.2 Å². The summed E-state index contributed by atoms with van der Waals surface area (Å²) in [6.07, 6.45) is 0.898. The van der Waals surface area contributed by atoms with Crippen LogP contribution in [0.4, 0.5) is 22.2 Å². The second-order valence-corrected chi connectivity index (χ2v) is 8.72. The van der Waals surface area contributed by atoms with Gasteiger partial charge in [-0.25, -0.2) is 0 Å². The first-order chi connectivity index (χ1) is 14.4. The van der Waals surface area contributed by atoms with Gasteiger partial charge in [0.15, 0.2) is 4.34 Å². The molecule has 0 spiro atoms. The summed E-state index contributed by atoms with van der Waals surface area (Å²) in [5.41, 5.74) is 4.07. The summed E-state index contributed by atoms with van der Waals surface area (Å²) in [6, 6.07) is 10.8. The number of para-hydroxylation sites is 2. The Labute approximate surface area is 182 Å². The number of amides is 1. The van der Waals surface area contributed by atoms with Crippen molar-refractivity contribution in [1.29, 1.82) is 0 Å². The molecular formula is C20H21N5O3S2. The SMILES string of the molecule is CCc1cccc(C)c1Nc1nnc(SCC(=O)Nc2c(C)cccc2[N+](=O)[O-])s1. The molecule has 10 heteroatoms. The van der Waals surface area contributed by atoms with E-state index in [1.54, 1.807) is 19.1 Å². The topological polar surface area (TPSA) is 110 Å². The number of hydrogen-bond acceptors (Lipinski definition) is 8. The minimum Gasteiger partial charge on any atom is -0.330 e. The van der Waals surface area contributed by atoms with Crippen molar-refractivity contribution in [3.63, 3.8) is 0 Å². The van der Waals surface area contributed by atoms with Gasteiger partial charge in [0.25, 0.3) is 5.69 Å². The smallest absolute Gasteiger partial charge is 0.293 e. The van der Waals surface area contributed by atoms with Gasteiger partial charge in [0, 0.05) is 11.8 Å². The van der Waals surface area contributed by atoms with E-state index in [4.69, 9.17) is 0 Å². The van der Waals surface area contributed by atoms with Gasteiger partial charge in [-0.2, -0.15) is 0 Å². The number of anilines is 3. The van der Waals surface area contributed by atoms with Crippen LogP contribution in [0, 0.1) is 24.0 Å². The van der Waals surface area contributed by atoms with Crippen LogP contribution in [0.3, 0.4) is 0 Å². The van der Waals surface area contributed by atoms with Crippen LogP contribution in [0.5, 0.6) is 0 Å². The number of aromatic nitrogens is 2. The van der Waals surface area contributed by atoms with Crippen molar-refractivity contribution in [2.24, 2.45) is 0 Å². The number of nitrogens with one attached hydrogen (secondary N) is 2. The quantitative estimate of drug-likeness (QED) is 0.283. The Morgan fingerprint density at radius 3 is 2.53 bits per heavy atom. The average molecular weight is 444 g/mol. The normalized spacial score (nSPS) is 10.6. The monoisotopic (exact) mass is 443 g/mol. The van der Waals surface area contributed by atoms with E-state index in [0.29, 0.717) is 15.0 Å². The van der Waals surface area contributed by atoms with Gasteiger partial charge in [0.1, 0.15) is 5.69 Å². The minimum absolute atomic E-state index is 0.0741. The molecule has 0 saturated carbocycles. The van der Waals surface area contributed by atoms with Crippen LogP contribution in [0.15, 0.2) is 40.7 Å². The highest BCUT2D eigenvalue weighted by molar-refractivity contribution is 8.01. The van der Waals surface area contributed by atoms with Gasteiger partial charge in [-0.1, -0.05) is 60.4 Å². The highest BCUT2D eigenvalue weighted by atomic mass is 32.2. The number of benzene rings is 2. The number of nitro benzene ring substituents is 1. The standard InChI is InChI=1S/C20H21N5O3S2/c1-4-14-9-5-7-12(2)17(14)22-19-23-24-20(30-19)29-11-16(26)21-18-13(3)8-6-10-15(18)25(27)28/h5-10H,4,11H2,1-3H3,(H,21,26)(H,22,23). The van der Waals surface area contributed by atoms with E-state index >= 15 is 0 Å². The van der Waals surface area contributed by atoms with Crippen molar-refractivity contribution in [3.05, 3.63) is 63.2 Å². The lowest BCUT2D eigenvalue weighted by molar-refractivity contribution is -0.384. The molecule has 1 aromatic heterocycles. The average Bonchev–Trinajstić information content (AvgIpc) is 3.17. The van der Waals surface area contributed by atoms with E-state index in [1.807, 2.05) is 19.1 Å². The first kappa shape index (κ1) is 21.7. The van der Waals surface area contributed by atoms with Gasteiger partial charge >= 0.3 is 0 Å². The van der Waals surface area contributed by atoms with Crippen molar-refractivity contribution >= 4 is 51.2 Å². The van der Waals surface area contributed by atoms with Gasteiger partial charge in [0.05, 0.1) is 10.7 Å². The van der Waals surface area contributed by atoms with Gasteiger partial charge in [-0.15, -0.1) is 10.2 Å². The third kappa shape index (κ3) is 5.14. The number of aryl methyl sites for hydroxylation is 3. The van der Waals surface area contributed by atoms with E-state index in [9.17, 15) is 14.9 Å². The van der Waals surface area contributed by atoms with Gasteiger partial charge in [-0.3, -0.25) is 14.9 Å². The molecule has 0 aliphatic heterocycles. The Hall–Kier alpha value is -2.98. The first-order valence-corrected chi connectivity index (χ1v) is 11.0. The third-order valence-corrected chi connectivity index (χ3v) is 6.39. The molecule has 3 aromatic rings. The summed E-state index contributed by atoms with van der Waals surface area (Å²) in [4.78, 5) is 23.0. The van der Waals surface area contributed by atoms with Crippen LogP contribution in [0.2, 0.25) is 0 Å². The Morgan fingerprint density at radius 1 is 1.13 bits per heavy atom. The van der Waals surface area contributed by atoms with Crippen LogP contribution in [-0.2, 0) is 11.2 Å². The molecular weight excluding hydrogens is 422 g/mol. The summed E-state index contributed by atoms with van der Waals surface area (Å²) < 4.78 is 0.638. The fourth-order valence-electron chi connectivity index (χ4n) is 2.90. The maximum atomic E-state index is 12.3. The Bertz CT molecular complexity index is 1080. The summed E-state index contributed by atoms with van der Waals surface area (Å²) >= 11 is 2.59. The highest BCUT2D eigenvalue weighted by Gasteiger charge is 2.18. The lowest BCUT2D eigenvalue weighted by atomic mass is 10.1. The molecule has 0 aliphatic rings. The molecule has 8 nitrogen and oxygen atoms in total. The number of rotatable bonds is 8. The molecule has 0 atom stereocenters. The molecule has 0 unspecified atom stereocenters. The van der Waals surface area contributed by atoms with Gasteiger partial charge in [-0.05, 0) is 37.0 Å². The molecule has 0 saturated heterocycles. The number of carbonyl (C=O) groups is 1. The molecule has 0 aliphatic carbocycles. The zero-order valence-electron chi connectivity index (χ0n) is 16.8. The zero-order chi connectivity index (χ0) is 21.7. The van der Waals surface area contributed by atoms with Crippen molar-refractivity contribution in [2.45, 2.75) is 31.5 Å². The molecule has 1 heterocycles. The van der Waals surface area contributed by atoms with E-state index in [-0.39, 0.29) is 23.0 Å². The summed E-state index contributed by atoms with van der Waals surface area (Å²) in [7, 11) is 0. The second kappa shape index (κ2) is 9.68. The van der Waals surface area contributed by atoms with Crippen LogP contribution < -0.4 is 10.6 Å². The number of nitro groups is 1. The minimum atomic E-state index is -0.505. The largest absolute Gasteiger partial charge is 0.330 e. The van der Waals surface area contributed by atoms with E-state index in [1.165, 1.54) is 34.7 Å². The Morgan fingerprint density at radius 2 is 1.83 bits per heavy atom. The number of carbonyl (C=O) groups excluding carboxylic acids is 1. The fourth-order valence-corrected chi connectivity index (χ4v) is 4.45. The molecule has 1 amide bonds. The van der Waals surface area contributed by atoms with Crippen molar-refractivity contribution in [3.8, 4) is 0 Å². The predicted octanol–water partition coefficient (Wildman–Crippen LogP) is 5.10. The lowest BCUT2D eigenvalue weighted by Crippen LogP contribution is -2.16. The molecule has 2 N–H and O–H groups in total. The molecule has 3 rings (SSSR count). The fraction of sp³-hybridized carbons (Fsp3) is 0.250. The summed E-state index contributed by atoms with van der Waals surface area (Å²) in [5.74, 6) is -0.265. The summed E-state index contributed by atoms with van der Waals surface area (Å²) in [5, 5.41) is 26.1. The van der Waals surface area contributed by atoms with Crippen LogP contribution in [-0.4, -0.2) is 26.8 Å². The number of thioether (sulfide) groups is 1. The van der Waals surface area contributed by atoms with Crippen LogP contribution in [0.25, 0.3) is 0 Å². The van der Waals surface area contributed by atoms with E-state index in [0.717, 1.165) is 17.7 Å². The molecule has 2 aromatic carbocycles. The van der Waals surface area contributed by atoms with Gasteiger partial charge < -0.3 is 10.6 Å². The summed E-state index contributed by atoms with van der Waals surface area (Å²) in [6.45, 7) is 5.85. The maximum Gasteiger partial charge on any atom is 0.293 e. The highest BCUT2D eigenvalue weighted by Crippen LogP contribution is 2.31. The van der Waals surface area contributed by atoms with Crippen LogP contribution in [0.1, 0.15) is 23.6 Å². The maximum absolute atomic E-state index is 12.3. The lowest BCUT2D eigenvalue weighted by Gasteiger charge is -2.11. The molecule has 0 fully saturated rings. The molecule has 30 heavy (non-hydrogen) atoms. The van der Waals surface area contributed by atoms with E-state index < -0.39 is 4.92 Å². The molecule has 156 valence electrons. The van der Waals surface area contributed by atoms with Crippen molar-refractivity contribution < 1.29 is 9.72 Å². The van der Waals surface area contributed by atoms with Gasteiger partial charge in [0.2, 0.25) is 11.0 Å². The first-order valence-electron chi connectivity index (χ1n) is 9.24. The predicted molar refractivity (Wildman–Crippen MR) is 121 cm³/mol. The Kier molecular flexibility index (Phi) is 7.01. The number of nitrogens with zero attached hydrogens (tertiary/aromatic N) is 3. The Balaban J connectivity index is 1.63.